The predicted molar refractivity (Wildman–Crippen MR) is 131 cm³/mol. The van der Waals surface area contributed by atoms with Crippen LogP contribution in [-0.4, -0.2) is 44.3 Å². The highest BCUT2D eigenvalue weighted by Crippen LogP contribution is 2.43. The molecule has 0 saturated heterocycles. The maximum Gasteiger partial charge on any atom is 0.337 e. The Labute approximate surface area is 204 Å². The van der Waals surface area contributed by atoms with E-state index >= 15 is 0 Å². The third-order valence-electron chi connectivity index (χ3n) is 5.71. The molecule has 8 nitrogen and oxygen atoms in total. The maximum atomic E-state index is 12.3. The Morgan fingerprint density at radius 2 is 0.750 bits per heavy atom. The molecule has 0 aliphatic heterocycles. The lowest BCUT2D eigenvalue weighted by molar-refractivity contribution is 0.0652. The van der Waals surface area contributed by atoms with Gasteiger partial charge in [0.1, 0.15) is 0 Å². The minimum Gasteiger partial charge on any atom is -0.478 e. The van der Waals surface area contributed by atoms with Crippen LogP contribution in [0.2, 0.25) is 0 Å². The summed E-state index contributed by atoms with van der Waals surface area (Å²) in [5, 5.41) is 39.5. The van der Waals surface area contributed by atoms with Crippen LogP contribution in [0, 0.1) is 0 Å². The van der Waals surface area contributed by atoms with Crippen molar-refractivity contribution in [3.05, 3.63) is 107 Å². The van der Waals surface area contributed by atoms with Gasteiger partial charge in [-0.2, -0.15) is 0 Å². The van der Waals surface area contributed by atoms with Crippen molar-refractivity contribution in [3.63, 3.8) is 0 Å². The fourth-order valence-corrected chi connectivity index (χ4v) is 4.26. The molecule has 0 aliphatic carbocycles. The van der Waals surface area contributed by atoms with Crippen LogP contribution >= 0.6 is 0 Å². The predicted octanol–water partition coefficient (Wildman–Crippen LogP) is 5.48. The molecule has 4 rings (SSSR count). The van der Waals surface area contributed by atoms with E-state index in [4.69, 9.17) is 0 Å². The molecule has 0 atom stereocenters. The van der Waals surface area contributed by atoms with E-state index in [2.05, 4.69) is 0 Å². The van der Waals surface area contributed by atoms with Gasteiger partial charge < -0.3 is 20.4 Å². The molecule has 36 heavy (non-hydrogen) atoms. The summed E-state index contributed by atoms with van der Waals surface area (Å²) in [6, 6.07) is 21.6. The molecule has 0 bridgehead atoms. The normalized spacial score (nSPS) is 10.6. The zero-order valence-electron chi connectivity index (χ0n) is 18.5. The highest BCUT2D eigenvalue weighted by molar-refractivity contribution is 6.13. The summed E-state index contributed by atoms with van der Waals surface area (Å²) in [7, 11) is 0. The number of hydrogen-bond acceptors (Lipinski definition) is 4. The van der Waals surface area contributed by atoms with Gasteiger partial charge in [0.2, 0.25) is 0 Å². The van der Waals surface area contributed by atoms with Crippen LogP contribution in [0.5, 0.6) is 0 Å². The van der Waals surface area contributed by atoms with Crippen molar-refractivity contribution in [2.24, 2.45) is 0 Å². The zero-order chi connectivity index (χ0) is 26.0. The van der Waals surface area contributed by atoms with Crippen LogP contribution in [0.3, 0.4) is 0 Å². The van der Waals surface area contributed by atoms with Crippen LogP contribution in [0.25, 0.3) is 33.4 Å². The summed E-state index contributed by atoms with van der Waals surface area (Å²) >= 11 is 0. The first-order valence-corrected chi connectivity index (χ1v) is 10.6. The van der Waals surface area contributed by atoms with Crippen LogP contribution in [0.4, 0.5) is 0 Å². The number of rotatable bonds is 7. The standard InChI is InChI=1S/C28H18O8/c29-25(30)19-13-11-17(21(23(19)27(33)34)15-7-3-1-4-8-15)18-12-14-20(26(31)32)24(28(35)36)22(18)16-9-5-2-6-10-16/h1-14H,(H,29,30)(H,31,32)(H,33,34)(H,35,36). The lowest BCUT2D eigenvalue weighted by Crippen LogP contribution is -2.13. The van der Waals surface area contributed by atoms with E-state index in [-0.39, 0.29) is 22.3 Å². The summed E-state index contributed by atoms with van der Waals surface area (Å²) in [5.74, 6) is -5.83. The summed E-state index contributed by atoms with van der Waals surface area (Å²) in [4.78, 5) is 48.5. The van der Waals surface area contributed by atoms with Crippen molar-refractivity contribution in [1.29, 1.82) is 0 Å². The number of aromatic carboxylic acids is 4. The van der Waals surface area contributed by atoms with E-state index in [0.29, 0.717) is 11.1 Å². The smallest absolute Gasteiger partial charge is 0.337 e. The van der Waals surface area contributed by atoms with Gasteiger partial charge >= 0.3 is 23.9 Å². The topological polar surface area (TPSA) is 149 Å². The number of carboxylic acid groups (broad SMARTS) is 4. The summed E-state index contributed by atoms with van der Waals surface area (Å²) in [6.45, 7) is 0. The van der Waals surface area contributed by atoms with Crippen LogP contribution in [0.1, 0.15) is 41.4 Å². The molecule has 4 N–H and O–H groups in total. The maximum absolute atomic E-state index is 12.3. The molecule has 0 saturated carbocycles. The molecule has 0 aromatic heterocycles. The Morgan fingerprint density at radius 1 is 0.417 bits per heavy atom. The lowest BCUT2D eigenvalue weighted by atomic mass is 9.82. The Balaban J connectivity index is 2.23. The molecule has 0 aliphatic rings. The van der Waals surface area contributed by atoms with Gasteiger partial charge in [-0.3, -0.25) is 0 Å². The van der Waals surface area contributed by atoms with E-state index in [1.165, 1.54) is 12.1 Å². The van der Waals surface area contributed by atoms with E-state index in [1.54, 1.807) is 60.7 Å². The van der Waals surface area contributed by atoms with Crippen molar-refractivity contribution in [2.75, 3.05) is 0 Å². The first-order valence-electron chi connectivity index (χ1n) is 10.6. The molecule has 0 fully saturated rings. The first-order chi connectivity index (χ1) is 17.2. The summed E-state index contributed by atoms with van der Waals surface area (Å²) in [5.41, 5.74) is -0.409. The quantitative estimate of drug-likeness (QED) is 0.270. The second kappa shape index (κ2) is 9.55. The van der Waals surface area contributed by atoms with Crippen LogP contribution in [-0.2, 0) is 0 Å². The van der Waals surface area contributed by atoms with Gasteiger partial charge in [-0.05, 0) is 34.4 Å². The first kappa shape index (κ1) is 23.9. The highest BCUT2D eigenvalue weighted by atomic mass is 16.4. The van der Waals surface area contributed by atoms with Gasteiger partial charge in [0, 0.05) is 11.1 Å². The molecular weight excluding hydrogens is 464 g/mol. The molecule has 4 aromatic rings. The van der Waals surface area contributed by atoms with E-state index in [0.717, 1.165) is 12.1 Å². The minimum atomic E-state index is -1.48. The van der Waals surface area contributed by atoms with Gasteiger partial charge in [-0.15, -0.1) is 0 Å². The van der Waals surface area contributed by atoms with E-state index in [1.807, 2.05) is 0 Å². The average molecular weight is 482 g/mol. The van der Waals surface area contributed by atoms with Gasteiger partial charge in [-0.25, -0.2) is 19.2 Å². The molecule has 0 amide bonds. The van der Waals surface area contributed by atoms with Crippen molar-refractivity contribution < 1.29 is 39.6 Å². The summed E-state index contributed by atoms with van der Waals surface area (Å²) < 4.78 is 0. The lowest BCUT2D eigenvalue weighted by Gasteiger charge is -2.20. The minimum absolute atomic E-state index is 0.0691. The van der Waals surface area contributed by atoms with Gasteiger partial charge in [0.05, 0.1) is 22.3 Å². The van der Waals surface area contributed by atoms with Gasteiger partial charge in [0.25, 0.3) is 0 Å². The van der Waals surface area contributed by atoms with Gasteiger partial charge in [0.15, 0.2) is 0 Å². The number of carbonyl (C=O) groups is 4. The Kier molecular flexibility index (Phi) is 6.34. The largest absolute Gasteiger partial charge is 0.478 e. The molecular formula is C28H18O8. The zero-order valence-corrected chi connectivity index (χ0v) is 18.5. The highest BCUT2D eigenvalue weighted by Gasteiger charge is 2.29. The van der Waals surface area contributed by atoms with E-state index in [9.17, 15) is 39.6 Å². The number of benzene rings is 4. The second-order valence-electron chi connectivity index (χ2n) is 7.77. The van der Waals surface area contributed by atoms with Crippen molar-refractivity contribution >= 4 is 23.9 Å². The number of hydrogen-bond donors (Lipinski definition) is 4. The SMILES string of the molecule is O=C(O)c1ccc(-c2ccc(C(=O)O)c(C(=O)O)c2-c2ccccc2)c(-c2ccccc2)c1C(=O)O. The van der Waals surface area contributed by atoms with E-state index < -0.39 is 46.1 Å². The Hall–Kier alpha value is -5.24. The average Bonchev–Trinajstić information content (AvgIpc) is 2.87. The molecule has 0 radical (unpaired) electrons. The molecule has 0 unspecified atom stereocenters. The molecule has 4 aromatic carbocycles. The monoisotopic (exact) mass is 482 g/mol. The third kappa shape index (κ3) is 4.19. The van der Waals surface area contributed by atoms with Crippen LogP contribution in [0.15, 0.2) is 84.9 Å². The molecule has 178 valence electrons. The molecule has 0 heterocycles. The fourth-order valence-electron chi connectivity index (χ4n) is 4.26. The number of carboxylic acids is 4. The fraction of sp³-hybridized carbons (Fsp3) is 0. The van der Waals surface area contributed by atoms with Crippen LogP contribution < -0.4 is 0 Å². The van der Waals surface area contributed by atoms with Gasteiger partial charge in [-0.1, -0.05) is 72.8 Å². The van der Waals surface area contributed by atoms with Crippen molar-refractivity contribution in [3.8, 4) is 33.4 Å². The third-order valence-corrected chi connectivity index (χ3v) is 5.71. The second-order valence-corrected chi connectivity index (χ2v) is 7.77. The Morgan fingerprint density at radius 3 is 1.03 bits per heavy atom. The summed E-state index contributed by atoms with van der Waals surface area (Å²) in [6.07, 6.45) is 0. The van der Waals surface area contributed by atoms with Crippen molar-refractivity contribution in [2.45, 2.75) is 0 Å². The molecule has 0 spiro atoms. The van der Waals surface area contributed by atoms with Crippen molar-refractivity contribution in [1.82, 2.24) is 0 Å². The molecule has 8 heteroatoms. The Bertz CT molecular complexity index is 1410.